The first kappa shape index (κ1) is 11.5. The molecular formula is C11H15NO3. The number of aryl methyl sites for hydroxylation is 2. The summed E-state index contributed by atoms with van der Waals surface area (Å²) in [4.78, 5) is 10.5. The standard InChI is InChI=1S/C11H15NO3/c1-7-4-3-5-8(2)10(7)15-6-9(12)11(13)14/h3-5,9H,6,12H2,1-2H3,(H,13,14)/t9-/m0/s1. The lowest BCUT2D eigenvalue weighted by molar-refractivity contribution is -0.139. The number of carbonyl (C=O) groups is 1. The smallest absolute Gasteiger partial charge is 0.324 e. The zero-order valence-corrected chi connectivity index (χ0v) is 8.86. The van der Waals surface area contributed by atoms with Gasteiger partial charge in [0.05, 0.1) is 0 Å². The zero-order chi connectivity index (χ0) is 11.4. The van der Waals surface area contributed by atoms with Crippen molar-refractivity contribution in [2.75, 3.05) is 6.61 Å². The molecule has 0 aliphatic rings. The molecule has 1 aromatic carbocycles. The van der Waals surface area contributed by atoms with Gasteiger partial charge in [0.1, 0.15) is 18.4 Å². The number of carboxylic acid groups (broad SMARTS) is 1. The Labute approximate surface area is 88.7 Å². The minimum absolute atomic E-state index is 0.0129. The van der Waals surface area contributed by atoms with Crippen molar-refractivity contribution in [3.8, 4) is 5.75 Å². The second kappa shape index (κ2) is 4.79. The van der Waals surface area contributed by atoms with E-state index in [2.05, 4.69) is 0 Å². The molecule has 0 aliphatic carbocycles. The molecule has 0 aliphatic heterocycles. The van der Waals surface area contributed by atoms with E-state index in [-0.39, 0.29) is 6.61 Å². The van der Waals surface area contributed by atoms with Gasteiger partial charge in [0.25, 0.3) is 0 Å². The van der Waals surface area contributed by atoms with Gasteiger partial charge in [0.15, 0.2) is 0 Å². The molecule has 0 bridgehead atoms. The maximum Gasteiger partial charge on any atom is 0.324 e. The second-order valence-electron chi connectivity index (χ2n) is 3.48. The zero-order valence-electron chi connectivity index (χ0n) is 8.86. The van der Waals surface area contributed by atoms with Crippen LogP contribution >= 0.6 is 0 Å². The lowest BCUT2D eigenvalue weighted by Crippen LogP contribution is -2.36. The number of aliphatic carboxylic acids is 1. The van der Waals surface area contributed by atoms with Crippen LogP contribution in [0, 0.1) is 13.8 Å². The number of hydrogen-bond donors (Lipinski definition) is 2. The average Bonchev–Trinajstić information content (AvgIpc) is 2.16. The van der Waals surface area contributed by atoms with E-state index in [1.165, 1.54) is 0 Å². The molecular weight excluding hydrogens is 194 g/mol. The first-order chi connectivity index (χ1) is 7.02. The Kier molecular flexibility index (Phi) is 3.68. The van der Waals surface area contributed by atoms with Gasteiger partial charge in [0.2, 0.25) is 0 Å². The average molecular weight is 209 g/mol. The van der Waals surface area contributed by atoms with Crippen molar-refractivity contribution in [3.63, 3.8) is 0 Å². The van der Waals surface area contributed by atoms with Crippen molar-refractivity contribution in [1.82, 2.24) is 0 Å². The fourth-order valence-corrected chi connectivity index (χ4v) is 1.27. The number of rotatable bonds is 4. The predicted molar refractivity (Wildman–Crippen MR) is 57.0 cm³/mol. The van der Waals surface area contributed by atoms with Crippen LogP contribution in [0.5, 0.6) is 5.75 Å². The minimum Gasteiger partial charge on any atom is -0.491 e. The van der Waals surface area contributed by atoms with Crippen LogP contribution in [0.25, 0.3) is 0 Å². The summed E-state index contributed by atoms with van der Waals surface area (Å²) in [6.45, 7) is 3.81. The minimum atomic E-state index is -1.05. The van der Waals surface area contributed by atoms with Gasteiger partial charge in [-0.3, -0.25) is 4.79 Å². The normalized spacial score (nSPS) is 12.2. The third kappa shape index (κ3) is 2.95. The first-order valence-electron chi connectivity index (χ1n) is 4.69. The molecule has 0 saturated heterocycles. The van der Waals surface area contributed by atoms with Crippen LogP contribution in [0.15, 0.2) is 18.2 Å². The highest BCUT2D eigenvalue weighted by atomic mass is 16.5. The summed E-state index contributed by atoms with van der Waals surface area (Å²) in [6, 6.07) is 4.77. The Balaban J connectivity index is 2.69. The first-order valence-corrected chi connectivity index (χ1v) is 4.69. The van der Waals surface area contributed by atoms with Crippen LogP contribution in [-0.2, 0) is 4.79 Å². The number of nitrogens with two attached hydrogens (primary N) is 1. The SMILES string of the molecule is Cc1cccc(C)c1OC[C@H](N)C(=O)O. The highest BCUT2D eigenvalue weighted by Gasteiger charge is 2.13. The molecule has 82 valence electrons. The highest BCUT2D eigenvalue weighted by molar-refractivity contribution is 5.73. The molecule has 0 spiro atoms. The van der Waals surface area contributed by atoms with Crippen LogP contribution in [-0.4, -0.2) is 23.7 Å². The monoisotopic (exact) mass is 209 g/mol. The lowest BCUT2D eigenvalue weighted by Gasteiger charge is -2.13. The number of carboxylic acids is 1. The molecule has 0 fully saturated rings. The fourth-order valence-electron chi connectivity index (χ4n) is 1.27. The van der Waals surface area contributed by atoms with Crippen LogP contribution in [0.2, 0.25) is 0 Å². The molecule has 0 radical (unpaired) electrons. The molecule has 1 aromatic rings. The summed E-state index contributed by atoms with van der Waals surface area (Å²) >= 11 is 0. The maximum absolute atomic E-state index is 10.5. The second-order valence-corrected chi connectivity index (χ2v) is 3.48. The molecule has 0 amide bonds. The molecule has 3 N–H and O–H groups in total. The van der Waals surface area contributed by atoms with Crippen LogP contribution in [0.4, 0.5) is 0 Å². The summed E-state index contributed by atoms with van der Waals surface area (Å²) in [7, 11) is 0. The van der Waals surface area contributed by atoms with E-state index in [1.54, 1.807) is 0 Å². The number of benzene rings is 1. The molecule has 15 heavy (non-hydrogen) atoms. The third-order valence-corrected chi connectivity index (χ3v) is 2.13. The largest absolute Gasteiger partial charge is 0.491 e. The van der Waals surface area contributed by atoms with Crippen molar-refractivity contribution >= 4 is 5.97 Å². The number of hydrogen-bond acceptors (Lipinski definition) is 3. The third-order valence-electron chi connectivity index (χ3n) is 2.13. The van der Waals surface area contributed by atoms with Gasteiger partial charge in [-0.25, -0.2) is 0 Å². The van der Waals surface area contributed by atoms with Gasteiger partial charge in [0, 0.05) is 0 Å². The topological polar surface area (TPSA) is 72.5 Å². The molecule has 1 atom stereocenters. The van der Waals surface area contributed by atoms with Crippen molar-refractivity contribution in [3.05, 3.63) is 29.3 Å². The van der Waals surface area contributed by atoms with Crippen molar-refractivity contribution in [2.24, 2.45) is 5.73 Å². The molecule has 4 heteroatoms. The lowest BCUT2D eigenvalue weighted by atomic mass is 10.1. The molecule has 0 aromatic heterocycles. The molecule has 4 nitrogen and oxygen atoms in total. The summed E-state index contributed by atoms with van der Waals surface area (Å²) in [5.41, 5.74) is 7.30. The maximum atomic E-state index is 10.5. The van der Waals surface area contributed by atoms with E-state index >= 15 is 0 Å². The van der Waals surface area contributed by atoms with E-state index < -0.39 is 12.0 Å². The predicted octanol–water partition coefficient (Wildman–Crippen LogP) is 1.09. The summed E-state index contributed by atoms with van der Waals surface area (Å²) in [6.07, 6.45) is 0. The Morgan fingerprint density at radius 3 is 2.47 bits per heavy atom. The van der Waals surface area contributed by atoms with E-state index in [0.717, 1.165) is 11.1 Å². The Morgan fingerprint density at radius 2 is 2.00 bits per heavy atom. The summed E-state index contributed by atoms with van der Waals surface area (Å²) < 4.78 is 5.38. The highest BCUT2D eigenvalue weighted by Crippen LogP contribution is 2.22. The van der Waals surface area contributed by atoms with E-state index in [4.69, 9.17) is 15.6 Å². The van der Waals surface area contributed by atoms with Gasteiger partial charge >= 0.3 is 5.97 Å². The summed E-state index contributed by atoms with van der Waals surface area (Å²) in [5.74, 6) is -0.338. The van der Waals surface area contributed by atoms with Gasteiger partial charge in [-0.05, 0) is 25.0 Å². The van der Waals surface area contributed by atoms with E-state index in [9.17, 15) is 4.79 Å². The van der Waals surface area contributed by atoms with Gasteiger partial charge < -0.3 is 15.6 Å². The van der Waals surface area contributed by atoms with Gasteiger partial charge in [-0.1, -0.05) is 18.2 Å². The van der Waals surface area contributed by atoms with Gasteiger partial charge in [-0.15, -0.1) is 0 Å². The number of para-hydroxylation sites is 1. The van der Waals surface area contributed by atoms with Gasteiger partial charge in [-0.2, -0.15) is 0 Å². The molecule has 1 rings (SSSR count). The van der Waals surface area contributed by atoms with E-state index in [1.807, 2.05) is 32.0 Å². The van der Waals surface area contributed by atoms with Crippen molar-refractivity contribution in [2.45, 2.75) is 19.9 Å². The van der Waals surface area contributed by atoms with Crippen LogP contribution < -0.4 is 10.5 Å². The number of ether oxygens (including phenoxy) is 1. The van der Waals surface area contributed by atoms with Crippen LogP contribution in [0.1, 0.15) is 11.1 Å². The quantitative estimate of drug-likeness (QED) is 0.778. The van der Waals surface area contributed by atoms with Crippen molar-refractivity contribution in [1.29, 1.82) is 0 Å². The molecule has 0 unspecified atom stereocenters. The Morgan fingerprint density at radius 1 is 1.47 bits per heavy atom. The van der Waals surface area contributed by atoms with Crippen LogP contribution in [0.3, 0.4) is 0 Å². The molecule has 0 saturated carbocycles. The van der Waals surface area contributed by atoms with Crippen molar-refractivity contribution < 1.29 is 14.6 Å². The fraction of sp³-hybridized carbons (Fsp3) is 0.364. The molecule has 0 heterocycles. The Hall–Kier alpha value is -1.55. The summed E-state index contributed by atoms with van der Waals surface area (Å²) in [5, 5.41) is 8.59. The van der Waals surface area contributed by atoms with E-state index in [0.29, 0.717) is 5.75 Å². The Bertz CT molecular complexity index is 343.